The van der Waals surface area contributed by atoms with Gasteiger partial charge in [-0.25, -0.2) is 4.90 Å². The van der Waals surface area contributed by atoms with Crippen molar-refractivity contribution in [2.75, 3.05) is 4.90 Å². The lowest BCUT2D eigenvalue weighted by Gasteiger charge is -2.27. The minimum Gasteiger partial charge on any atom is -0.349 e. The van der Waals surface area contributed by atoms with Crippen LogP contribution in [0.1, 0.15) is 37.9 Å². The number of carbonyl (C=O) groups excluding carboxylic acids is 4. The van der Waals surface area contributed by atoms with Crippen molar-refractivity contribution in [3.63, 3.8) is 0 Å². The molecule has 3 aromatic carbocycles. The molecule has 2 fully saturated rings. The molecular formula is C27H18N2O7. The fraction of sp³-hybridized carbons (Fsp3) is 0.185. The van der Waals surface area contributed by atoms with Gasteiger partial charge in [0.25, 0.3) is 5.69 Å². The molecule has 0 aromatic heterocycles. The van der Waals surface area contributed by atoms with Crippen LogP contribution in [0.15, 0.2) is 72.8 Å². The van der Waals surface area contributed by atoms with Gasteiger partial charge in [0.2, 0.25) is 29.0 Å². The smallest absolute Gasteiger partial charge is 0.269 e. The Morgan fingerprint density at radius 2 is 1.42 bits per heavy atom. The van der Waals surface area contributed by atoms with Crippen molar-refractivity contribution in [1.82, 2.24) is 0 Å². The van der Waals surface area contributed by atoms with Gasteiger partial charge < -0.3 is 4.74 Å². The first kappa shape index (κ1) is 22.0. The molecule has 2 saturated heterocycles. The summed E-state index contributed by atoms with van der Waals surface area (Å²) in [5.74, 6) is -5.16. The Morgan fingerprint density at radius 3 is 1.97 bits per heavy atom. The average Bonchev–Trinajstić information content (AvgIpc) is 3.44. The molecule has 0 radical (unpaired) electrons. The highest BCUT2D eigenvalue weighted by molar-refractivity contribution is 6.37. The van der Waals surface area contributed by atoms with Crippen LogP contribution in [0, 0.1) is 28.9 Å². The number of ketones is 2. The molecule has 0 unspecified atom stereocenters. The zero-order chi connectivity index (χ0) is 25.4. The summed E-state index contributed by atoms with van der Waals surface area (Å²) in [4.78, 5) is 66.4. The van der Waals surface area contributed by atoms with E-state index in [9.17, 15) is 29.3 Å². The molecule has 3 aromatic rings. The van der Waals surface area contributed by atoms with Gasteiger partial charge >= 0.3 is 0 Å². The minimum atomic E-state index is -2.16. The number of hydrogen-bond acceptors (Lipinski definition) is 7. The number of anilines is 1. The molecule has 3 atom stereocenters. The van der Waals surface area contributed by atoms with Crippen molar-refractivity contribution >= 4 is 34.8 Å². The molecule has 178 valence electrons. The number of nitro benzene ring substituents is 1. The van der Waals surface area contributed by atoms with Crippen LogP contribution in [0.5, 0.6) is 0 Å². The van der Waals surface area contributed by atoms with Crippen molar-refractivity contribution in [3.05, 3.63) is 105 Å². The van der Waals surface area contributed by atoms with Gasteiger partial charge in [0.05, 0.1) is 28.6 Å². The second-order valence-electron chi connectivity index (χ2n) is 9.18. The van der Waals surface area contributed by atoms with Gasteiger partial charge in [0, 0.05) is 23.3 Å². The third-order valence-electron chi connectivity index (χ3n) is 7.24. The first-order valence-electron chi connectivity index (χ1n) is 11.3. The Kier molecular flexibility index (Phi) is 4.58. The van der Waals surface area contributed by atoms with Crippen LogP contribution in [-0.2, 0) is 14.3 Å². The number of nitrogens with zero attached hydrogens (tertiary/aromatic N) is 2. The van der Waals surface area contributed by atoms with Crippen molar-refractivity contribution in [3.8, 4) is 0 Å². The molecule has 3 aliphatic rings. The first-order chi connectivity index (χ1) is 17.3. The molecule has 0 N–H and O–H groups in total. The lowest BCUT2D eigenvalue weighted by Crippen LogP contribution is -2.51. The van der Waals surface area contributed by atoms with Gasteiger partial charge in [-0.15, -0.1) is 0 Å². The number of hydrogen-bond donors (Lipinski definition) is 0. The van der Waals surface area contributed by atoms with E-state index in [1.807, 2.05) is 19.1 Å². The molecule has 36 heavy (non-hydrogen) atoms. The molecule has 6 rings (SSSR count). The van der Waals surface area contributed by atoms with Crippen molar-refractivity contribution < 1.29 is 28.8 Å². The predicted molar refractivity (Wildman–Crippen MR) is 125 cm³/mol. The number of fused-ring (bicyclic) bond motifs is 3. The molecule has 1 aliphatic carbocycles. The van der Waals surface area contributed by atoms with Crippen LogP contribution in [0.4, 0.5) is 11.4 Å². The number of Topliss-reactive ketones (excluding diaryl/α,β-unsaturated/α-hetero) is 2. The van der Waals surface area contributed by atoms with Crippen LogP contribution in [0.3, 0.4) is 0 Å². The summed E-state index contributed by atoms with van der Waals surface area (Å²) in [6, 6.07) is 18.4. The van der Waals surface area contributed by atoms with Crippen LogP contribution in [0.25, 0.3) is 0 Å². The summed E-state index contributed by atoms with van der Waals surface area (Å²) >= 11 is 0. The molecule has 0 saturated carbocycles. The van der Waals surface area contributed by atoms with Gasteiger partial charge in [0.15, 0.2) is 0 Å². The van der Waals surface area contributed by atoms with Gasteiger partial charge in [-0.2, -0.15) is 0 Å². The fourth-order valence-corrected chi connectivity index (χ4v) is 5.55. The van der Waals surface area contributed by atoms with E-state index < -0.39 is 51.8 Å². The van der Waals surface area contributed by atoms with E-state index in [2.05, 4.69) is 0 Å². The second kappa shape index (κ2) is 7.50. The Morgan fingerprint density at radius 1 is 0.833 bits per heavy atom. The van der Waals surface area contributed by atoms with Gasteiger partial charge in [-0.1, -0.05) is 54.1 Å². The van der Waals surface area contributed by atoms with E-state index in [-0.39, 0.29) is 22.5 Å². The molecule has 1 spiro atoms. The monoisotopic (exact) mass is 482 g/mol. The lowest BCUT2D eigenvalue weighted by atomic mass is 9.77. The Hall–Kier alpha value is -4.50. The van der Waals surface area contributed by atoms with Gasteiger partial charge in [0.1, 0.15) is 0 Å². The highest BCUT2D eigenvalue weighted by atomic mass is 16.6. The molecule has 9 heteroatoms. The normalized spacial score (nSPS) is 23.9. The number of amides is 2. The average molecular weight is 482 g/mol. The third kappa shape index (κ3) is 2.74. The second-order valence-corrected chi connectivity index (χ2v) is 9.18. The van der Waals surface area contributed by atoms with Gasteiger partial charge in [-0.05, 0) is 24.6 Å². The number of ether oxygens (including phenoxy) is 1. The topological polar surface area (TPSA) is 124 Å². The summed E-state index contributed by atoms with van der Waals surface area (Å²) in [6.07, 6.45) is -1.02. The first-order valence-corrected chi connectivity index (χ1v) is 11.3. The number of nitro groups is 1. The minimum absolute atomic E-state index is 0.123. The van der Waals surface area contributed by atoms with E-state index >= 15 is 0 Å². The predicted octanol–water partition coefficient (Wildman–Crippen LogP) is 3.60. The van der Waals surface area contributed by atoms with Crippen LogP contribution in [-0.4, -0.2) is 33.9 Å². The van der Waals surface area contributed by atoms with E-state index in [4.69, 9.17) is 4.74 Å². The fourth-order valence-electron chi connectivity index (χ4n) is 5.55. The molecule has 9 nitrogen and oxygen atoms in total. The summed E-state index contributed by atoms with van der Waals surface area (Å²) in [5, 5.41) is 11.1. The lowest BCUT2D eigenvalue weighted by molar-refractivity contribution is -0.384. The maximum absolute atomic E-state index is 13.8. The van der Waals surface area contributed by atoms with E-state index in [1.165, 1.54) is 36.4 Å². The zero-order valence-corrected chi connectivity index (χ0v) is 18.9. The summed E-state index contributed by atoms with van der Waals surface area (Å²) in [5.41, 5.74) is -0.406. The van der Waals surface area contributed by atoms with E-state index in [0.717, 1.165) is 10.5 Å². The summed E-state index contributed by atoms with van der Waals surface area (Å²) < 4.78 is 6.23. The van der Waals surface area contributed by atoms with Gasteiger partial charge in [-0.3, -0.25) is 29.3 Å². The van der Waals surface area contributed by atoms with Crippen molar-refractivity contribution in [2.24, 2.45) is 11.8 Å². The Labute approximate surface area is 204 Å². The van der Waals surface area contributed by atoms with Crippen molar-refractivity contribution in [2.45, 2.75) is 18.6 Å². The standard InChI is InChI=1S/C27H18N2O7/c1-14-6-8-15(9-7-14)22-20-21(27(36-22)23(30)18-4-2-3-5-19(18)24(27)31)26(33)28(25(20)32)16-10-12-17(13-11-16)29(34)35/h2-13,20-22H,1H3/t20-,21-,22-/m1/s1. The quantitative estimate of drug-likeness (QED) is 0.242. The van der Waals surface area contributed by atoms with Crippen LogP contribution >= 0.6 is 0 Å². The number of rotatable bonds is 3. The molecule has 2 amide bonds. The maximum Gasteiger partial charge on any atom is 0.269 e. The molecule has 2 aliphatic heterocycles. The van der Waals surface area contributed by atoms with Crippen LogP contribution in [0.2, 0.25) is 0 Å². The Bertz CT molecular complexity index is 1460. The number of imide groups is 1. The SMILES string of the molecule is Cc1ccc([C@H]2OC3(C(=O)c4ccccc4C3=O)[C@H]3C(=O)N(c4ccc([N+](=O)[O-])cc4)C(=O)[C@@H]23)cc1. The molecular weight excluding hydrogens is 464 g/mol. The van der Waals surface area contributed by atoms with Crippen molar-refractivity contribution in [1.29, 1.82) is 0 Å². The number of benzene rings is 3. The molecule has 0 bridgehead atoms. The van der Waals surface area contributed by atoms with E-state index in [1.54, 1.807) is 24.3 Å². The number of carbonyl (C=O) groups is 4. The van der Waals surface area contributed by atoms with E-state index in [0.29, 0.717) is 5.56 Å². The zero-order valence-electron chi connectivity index (χ0n) is 18.9. The molecule has 2 heterocycles. The summed E-state index contributed by atoms with van der Waals surface area (Å²) in [6.45, 7) is 1.89. The third-order valence-corrected chi connectivity index (χ3v) is 7.24. The largest absolute Gasteiger partial charge is 0.349 e. The maximum atomic E-state index is 13.8. The number of non-ortho nitro benzene ring substituents is 1. The summed E-state index contributed by atoms with van der Waals surface area (Å²) in [7, 11) is 0. The highest BCUT2D eigenvalue weighted by Gasteiger charge is 2.74. The van der Waals surface area contributed by atoms with Crippen LogP contribution < -0.4 is 4.90 Å². The number of aryl methyl sites for hydroxylation is 1. The highest BCUT2D eigenvalue weighted by Crippen LogP contribution is 2.57. The Balaban J connectivity index is 1.51.